The van der Waals surface area contributed by atoms with Gasteiger partial charge in [0.15, 0.2) is 5.96 Å². The summed E-state index contributed by atoms with van der Waals surface area (Å²) in [4.78, 5) is 9.09. The third-order valence-corrected chi connectivity index (χ3v) is 5.21. The lowest BCUT2D eigenvalue weighted by atomic mass is 10.1. The third-order valence-electron chi connectivity index (χ3n) is 5.21. The van der Waals surface area contributed by atoms with Gasteiger partial charge in [-0.1, -0.05) is 25.1 Å². The summed E-state index contributed by atoms with van der Waals surface area (Å²) in [5, 5.41) is 6.74. The summed E-state index contributed by atoms with van der Waals surface area (Å²) in [7, 11) is 0. The number of nitrogens with zero attached hydrogens (tertiary/aromatic N) is 2. The summed E-state index contributed by atoms with van der Waals surface area (Å²) in [6.45, 7) is 11.1. The van der Waals surface area contributed by atoms with Crippen molar-refractivity contribution < 1.29 is 14.2 Å². The number of aliphatic imine (C=N–C) groups is 1. The molecule has 1 fully saturated rings. The molecule has 2 heterocycles. The molecule has 1 aliphatic heterocycles. The van der Waals surface area contributed by atoms with E-state index in [1.165, 1.54) is 5.56 Å². The van der Waals surface area contributed by atoms with E-state index < -0.39 is 0 Å². The zero-order valence-corrected chi connectivity index (χ0v) is 19.5. The lowest BCUT2D eigenvalue weighted by molar-refractivity contribution is 0.166. The summed E-state index contributed by atoms with van der Waals surface area (Å²) in [5.41, 5.74) is 3.26. The molecule has 7 nitrogen and oxygen atoms in total. The van der Waals surface area contributed by atoms with Crippen molar-refractivity contribution in [3.63, 3.8) is 0 Å². The molecule has 0 saturated carbocycles. The Hall–Kier alpha value is -2.80. The predicted molar refractivity (Wildman–Crippen MR) is 127 cm³/mol. The summed E-state index contributed by atoms with van der Waals surface area (Å²) < 4.78 is 17.4. The van der Waals surface area contributed by atoms with E-state index in [1.54, 1.807) is 6.20 Å². The molecule has 32 heavy (non-hydrogen) atoms. The van der Waals surface area contributed by atoms with Crippen LogP contribution in [0.15, 0.2) is 41.5 Å². The highest BCUT2D eigenvalue weighted by atomic mass is 16.5. The molecule has 7 heteroatoms. The van der Waals surface area contributed by atoms with Crippen LogP contribution in [-0.2, 0) is 17.8 Å². The number of nitrogens with one attached hydrogen (secondary N) is 2. The van der Waals surface area contributed by atoms with Crippen molar-refractivity contribution in [1.82, 2.24) is 15.6 Å². The minimum absolute atomic E-state index is 0.471. The number of ether oxygens (including phenoxy) is 3. The van der Waals surface area contributed by atoms with Crippen LogP contribution in [0.25, 0.3) is 0 Å². The first-order valence-electron chi connectivity index (χ1n) is 11.6. The van der Waals surface area contributed by atoms with Gasteiger partial charge in [0.25, 0.3) is 0 Å². The van der Waals surface area contributed by atoms with E-state index in [2.05, 4.69) is 54.6 Å². The molecule has 1 saturated heterocycles. The topological polar surface area (TPSA) is 77.0 Å². The number of benzene rings is 1. The molecule has 1 aliphatic rings. The van der Waals surface area contributed by atoms with Crippen molar-refractivity contribution in [3.05, 3.63) is 53.2 Å². The maximum absolute atomic E-state index is 6.17. The van der Waals surface area contributed by atoms with Crippen molar-refractivity contribution >= 4 is 5.96 Å². The molecular weight excluding hydrogens is 404 g/mol. The van der Waals surface area contributed by atoms with Gasteiger partial charge in [0.05, 0.1) is 26.4 Å². The van der Waals surface area contributed by atoms with Crippen LogP contribution >= 0.6 is 0 Å². The highest BCUT2D eigenvalue weighted by molar-refractivity contribution is 5.79. The minimum Gasteiger partial charge on any atom is -0.493 e. The van der Waals surface area contributed by atoms with Crippen LogP contribution < -0.4 is 20.1 Å². The van der Waals surface area contributed by atoms with Crippen LogP contribution in [0, 0.1) is 12.8 Å². The molecule has 2 N–H and O–H groups in total. The number of rotatable bonds is 11. The van der Waals surface area contributed by atoms with Crippen LogP contribution in [0.5, 0.6) is 11.6 Å². The van der Waals surface area contributed by atoms with Crippen molar-refractivity contribution in [2.45, 2.75) is 46.7 Å². The summed E-state index contributed by atoms with van der Waals surface area (Å²) in [6, 6.07) is 10.2. The van der Waals surface area contributed by atoms with Gasteiger partial charge >= 0.3 is 0 Å². The lowest BCUT2D eigenvalue weighted by Crippen LogP contribution is -2.37. The smallest absolute Gasteiger partial charge is 0.218 e. The van der Waals surface area contributed by atoms with Crippen molar-refractivity contribution in [3.8, 4) is 11.6 Å². The Morgan fingerprint density at radius 2 is 2.09 bits per heavy atom. The largest absolute Gasteiger partial charge is 0.493 e. The molecule has 0 radical (unpaired) electrons. The summed E-state index contributed by atoms with van der Waals surface area (Å²) in [5.74, 6) is 2.79. The second kappa shape index (κ2) is 12.9. The van der Waals surface area contributed by atoms with E-state index in [1.807, 2.05) is 12.1 Å². The quantitative estimate of drug-likeness (QED) is 0.408. The molecule has 2 aromatic rings. The average Bonchev–Trinajstić information content (AvgIpc) is 3.33. The fourth-order valence-corrected chi connectivity index (χ4v) is 3.42. The second-order valence-electron chi connectivity index (χ2n) is 8.02. The highest BCUT2D eigenvalue weighted by Crippen LogP contribution is 2.23. The van der Waals surface area contributed by atoms with Crippen molar-refractivity contribution in [2.75, 3.05) is 33.0 Å². The fraction of sp³-hybridized carbons (Fsp3) is 0.520. The number of guanidine groups is 1. The molecule has 1 aromatic heterocycles. The van der Waals surface area contributed by atoms with Gasteiger partial charge in [-0.15, -0.1) is 0 Å². The van der Waals surface area contributed by atoms with E-state index in [0.717, 1.165) is 55.4 Å². The Labute approximate surface area is 191 Å². The van der Waals surface area contributed by atoms with E-state index in [0.29, 0.717) is 38.1 Å². The maximum Gasteiger partial charge on any atom is 0.218 e. The lowest BCUT2D eigenvalue weighted by Gasteiger charge is -2.17. The number of hydrogen-bond acceptors (Lipinski definition) is 5. The van der Waals surface area contributed by atoms with Gasteiger partial charge in [-0.25, -0.2) is 9.98 Å². The van der Waals surface area contributed by atoms with Gasteiger partial charge in [0, 0.05) is 42.9 Å². The Balaban J connectivity index is 1.64. The monoisotopic (exact) mass is 440 g/mol. The predicted octanol–water partition coefficient (Wildman–Crippen LogP) is 3.85. The van der Waals surface area contributed by atoms with Crippen LogP contribution in [0.4, 0.5) is 0 Å². The second-order valence-corrected chi connectivity index (χ2v) is 8.02. The Bertz CT molecular complexity index is 866. The first kappa shape index (κ1) is 23.9. The molecule has 1 atom stereocenters. The number of hydrogen-bond donors (Lipinski definition) is 2. The molecule has 0 spiro atoms. The standard InChI is InChI=1S/C25H36N4O3/c1-4-12-31-24-22(7-6-11-27-24)16-29-25(26-5-2)28-15-21-9-8-19(3)14-23(21)32-18-20-10-13-30-17-20/h6-9,11,14,20H,4-5,10,12-13,15-18H2,1-3H3,(H2,26,28,29). The number of pyridine rings is 1. The van der Waals surface area contributed by atoms with Gasteiger partial charge in [-0.05, 0) is 44.4 Å². The van der Waals surface area contributed by atoms with Crippen LogP contribution in [0.1, 0.15) is 43.4 Å². The molecule has 3 rings (SSSR count). The zero-order valence-electron chi connectivity index (χ0n) is 19.5. The average molecular weight is 441 g/mol. The summed E-state index contributed by atoms with van der Waals surface area (Å²) in [6.07, 6.45) is 3.76. The highest BCUT2D eigenvalue weighted by Gasteiger charge is 2.17. The van der Waals surface area contributed by atoms with Crippen molar-refractivity contribution in [1.29, 1.82) is 0 Å². The number of aryl methyl sites for hydroxylation is 1. The first-order valence-corrected chi connectivity index (χ1v) is 11.6. The van der Waals surface area contributed by atoms with Crippen LogP contribution in [0.3, 0.4) is 0 Å². The zero-order chi connectivity index (χ0) is 22.6. The van der Waals surface area contributed by atoms with Gasteiger partial charge in [0.2, 0.25) is 5.88 Å². The number of aromatic nitrogens is 1. The molecular formula is C25H36N4O3. The molecule has 0 aliphatic carbocycles. The Morgan fingerprint density at radius 3 is 2.88 bits per heavy atom. The van der Waals surface area contributed by atoms with E-state index >= 15 is 0 Å². The van der Waals surface area contributed by atoms with Crippen LogP contribution in [-0.4, -0.2) is 43.9 Å². The van der Waals surface area contributed by atoms with E-state index in [9.17, 15) is 0 Å². The van der Waals surface area contributed by atoms with Gasteiger partial charge < -0.3 is 24.8 Å². The Kier molecular flexibility index (Phi) is 9.62. The molecule has 1 unspecified atom stereocenters. The molecule has 174 valence electrons. The molecule has 0 amide bonds. The minimum atomic E-state index is 0.471. The van der Waals surface area contributed by atoms with Gasteiger partial charge in [-0.2, -0.15) is 0 Å². The first-order chi connectivity index (χ1) is 15.7. The van der Waals surface area contributed by atoms with Crippen LogP contribution in [0.2, 0.25) is 0 Å². The van der Waals surface area contributed by atoms with Gasteiger partial charge in [0.1, 0.15) is 5.75 Å². The third kappa shape index (κ3) is 7.41. The van der Waals surface area contributed by atoms with Crippen molar-refractivity contribution in [2.24, 2.45) is 10.9 Å². The fourth-order valence-electron chi connectivity index (χ4n) is 3.42. The molecule has 1 aromatic carbocycles. The summed E-state index contributed by atoms with van der Waals surface area (Å²) >= 11 is 0. The Morgan fingerprint density at radius 1 is 1.19 bits per heavy atom. The normalized spacial score (nSPS) is 16.1. The van der Waals surface area contributed by atoms with E-state index in [4.69, 9.17) is 19.2 Å². The molecule has 0 bridgehead atoms. The van der Waals surface area contributed by atoms with Gasteiger partial charge in [-0.3, -0.25) is 0 Å². The van der Waals surface area contributed by atoms with E-state index in [-0.39, 0.29) is 0 Å². The SMILES string of the molecule is CCCOc1ncccc1CN=C(NCC)NCc1ccc(C)cc1OCC1CCOC1. The maximum atomic E-state index is 6.17.